The SMILES string of the molecule is CN1CCN(S(=O)(=O)c2cccc(C(=O)N3CCSCC3)c2)CC1=O. The molecule has 0 atom stereocenters. The van der Waals surface area contributed by atoms with E-state index in [9.17, 15) is 18.0 Å². The molecule has 1 aromatic rings. The summed E-state index contributed by atoms with van der Waals surface area (Å²) in [5.41, 5.74) is 0.369. The van der Waals surface area contributed by atoms with Gasteiger partial charge in [0.1, 0.15) is 0 Å². The van der Waals surface area contributed by atoms with Crippen LogP contribution in [0.2, 0.25) is 0 Å². The predicted molar refractivity (Wildman–Crippen MR) is 96.1 cm³/mol. The first-order valence-corrected chi connectivity index (χ1v) is 10.7. The van der Waals surface area contributed by atoms with Crippen LogP contribution in [0.3, 0.4) is 0 Å². The number of carbonyl (C=O) groups excluding carboxylic acids is 2. The van der Waals surface area contributed by atoms with Gasteiger partial charge in [0, 0.05) is 50.3 Å². The standard InChI is InChI=1S/C16H21N3O4S2/c1-17-5-6-19(12-15(17)20)25(22,23)14-4-2-3-13(11-14)16(21)18-7-9-24-10-8-18/h2-4,11H,5-10,12H2,1H3. The lowest BCUT2D eigenvalue weighted by molar-refractivity contribution is -0.132. The molecule has 0 aliphatic carbocycles. The number of nitrogens with zero attached hydrogens (tertiary/aromatic N) is 3. The number of hydrogen-bond acceptors (Lipinski definition) is 5. The average molecular weight is 383 g/mol. The molecule has 2 aliphatic rings. The van der Waals surface area contributed by atoms with Crippen molar-refractivity contribution in [2.75, 3.05) is 51.3 Å². The van der Waals surface area contributed by atoms with Gasteiger partial charge in [0.2, 0.25) is 15.9 Å². The monoisotopic (exact) mass is 383 g/mol. The third kappa shape index (κ3) is 3.83. The maximum atomic E-state index is 12.8. The Balaban J connectivity index is 1.82. The van der Waals surface area contributed by atoms with Gasteiger partial charge in [-0.15, -0.1) is 0 Å². The van der Waals surface area contributed by atoms with Gasteiger partial charge in [0.05, 0.1) is 11.4 Å². The van der Waals surface area contributed by atoms with Crippen molar-refractivity contribution in [2.45, 2.75) is 4.90 Å². The zero-order valence-electron chi connectivity index (χ0n) is 14.1. The average Bonchev–Trinajstić information content (AvgIpc) is 2.64. The van der Waals surface area contributed by atoms with E-state index in [1.165, 1.54) is 21.3 Å². The van der Waals surface area contributed by atoms with E-state index in [1.807, 2.05) is 0 Å². The highest BCUT2D eigenvalue weighted by molar-refractivity contribution is 7.99. The second-order valence-electron chi connectivity index (χ2n) is 6.09. The molecule has 0 saturated carbocycles. The Kier molecular flexibility index (Phi) is 5.35. The number of hydrogen-bond donors (Lipinski definition) is 0. The molecule has 2 heterocycles. The molecule has 2 fully saturated rings. The molecule has 2 saturated heterocycles. The molecule has 0 spiro atoms. The van der Waals surface area contributed by atoms with Crippen molar-refractivity contribution in [3.8, 4) is 0 Å². The number of likely N-dealkylation sites (N-methyl/N-ethyl adjacent to an activating group) is 1. The smallest absolute Gasteiger partial charge is 0.253 e. The minimum absolute atomic E-state index is 0.0575. The third-order valence-electron chi connectivity index (χ3n) is 4.44. The molecule has 0 bridgehead atoms. The van der Waals surface area contributed by atoms with Crippen LogP contribution in [0.15, 0.2) is 29.2 Å². The van der Waals surface area contributed by atoms with Crippen LogP contribution >= 0.6 is 11.8 Å². The zero-order chi connectivity index (χ0) is 18.0. The van der Waals surface area contributed by atoms with E-state index in [4.69, 9.17) is 0 Å². The fraction of sp³-hybridized carbons (Fsp3) is 0.500. The van der Waals surface area contributed by atoms with Crippen molar-refractivity contribution in [1.29, 1.82) is 0 Å². The van der Waals surface area contributed by atoms with Crippen molar-refractivity contribution < 1.29 is 18.0 Å². The molecule has 2 aliphatic heterocycles. The second-order valence-corrected chi connectivity index (χ2v) is 9.25. The van der Waals surface area contributed by atoms with Gasteiger partial charge in [-0.2, -0.15) is 16.1 Å². The summed E-state index contributed by atoms with van der Waals surface area (Å²) in [5.74, 6) is 1.42. The summed E-state index contributed by atoms with van der Waals surface area (Å²) in [6.45, 7) is 1.80. The van der Waals surface area contributed by atoms with Gasteiger partial charge in [-0.05, 0) is 18.2 Å². The zero-order valence-corrected chi connectivity index (χ0v) is 15.7. The first-order valence-electron chi connectivity index (χ1n) is 8.11. The summed E-state index contributed by atoms with van der Waals surface area (Å²) in [7, 11) is -2.14. The highest BCUT2D eigenvalue weighted by Gasteiger charge is 2.32. The van der Waals surface area contributed by atoms with Crippen LogP contribution < -0.4 is 0 Å². The number of carbonyl (C=O) groups is 2. The molecule has 0 unspecified atom stereocenters. The molecular weight excluding hydrogens is 362 g/mol. The van der Waals surface area contributed by atoms with E-state index >= 15 is 0 Å². The summed E-state index contributed by atoms with van der Waals surface area (Å²) in [6, 6.07) is 6.11. The van der Waals surface area contributed by atoms with E-state index in [0.29, 0.717) is 25.2 Å². The Morgan fingerprint density at radius 1 is 1.12 bits per heavy atom. The van der Waals surface area contributed by atoms with Crippen LogP contribution in [0.4, 0.5) is 0 Å². The first kappa shape index (κ1) is 18.2. The molecule has 1 aromatic carbocycles. The molecule has 0 N–H and O–H groups in total. The highest BCUT2D eigenvalue weighted by atomic mass is 32.2. The van der Waals surface area contributed by atoms with Crippen LogP contribution in [0.1, 0.15) is 10.4 Å². The van der Waals surface area contributed by atoms with Gasteiger partial charge in [-0.1, -0.05) is 6.07 Å². The largest absolute Gasteiger partial charge is 0.343 e. The normalized spacial score (nSPS) is 20.0. The molecule has 0 radical (unpaired) electrons. The Labute approximate surface area is 152 Å². The second kappa shape index (κ2) is 7.35. The molecule has 0 aromatic heterocycles. The van der Waals surface area contributed by atoms with E-state index in [1.54, 1.807) is 35.8 Å². The van der Waals surface area contributed by atoms with Gasteiger partial charge in [-0.25, -0.2) is 8.42 Å². The quantitative estimate of drug-likeness (QED) is 0.752. The van der Waals surface area contributed by atoms with Crippen molar-refractivity contribution in [3.05, 3.63) is 29.8 Å². The van der Waals surface area contributed by atoms with Crippen LogP contribution in [0.25, 0.3) is 0 Å². The number of benzene rings is 1. The van der Waals surface area contributed by atoms with Crippen LogP contribution in [0, 0.1) is 0 Å². The first-order chi connectivity index (χ1) is 11.9. The number of piperazine rings is 1. The van der Waals surface area contributed by atoms with Gasteiger partial charge in [-0.3, -0.25) is 9.59 Å². The summed E-state index contributed by atoms with van der Waals surface area (Å²) < 4.78 is 26.8. The van der Waals surface area contributed by atoms with Crippen LogP contribution in [0.5, 0.6) is 0 Å². The Morgan fingerprint density at radius 2 is 1.84 bits per heavy atom. The van der Waals surface area contributed by atoms with E-state index < -0.39 is 10.0 Å². The van der Waals surface area contributed by atoms with Gasteiger partial charge < -0.3 is 9.80 Å². The molecule has 7 nitrogen and oxygen atoms in total. The molecular formula is C16H21N3O4S2. The highest BCUT2D eigenvalue weighted by Crippen LogP contribution is 2.20. The third-order valence-corrected chi connectivity index (χ3v) is 7.22. The van der Waals surface area contributed by atoms with E-state index in [-0.39, 0.29) is 29.8 Å². The van der Waals surface area contributed by atoms with E-state index in [2.05, 4.69) is 0 Å². The van der Waals surface area contributed by atoms with Crippen LogP contribution in [-0.4, -0.2) is 85.6 Å². The van der Waals surface area contributed by atoms with Crippen molar-refractivity contribution in [2.24, 2.45) is 0 Å². The summed E-state index contributed by atoms with van der Waals surface area (Å²) in [5, 5.41) is 0. The summed E-state index contributed by atoms with van der Waals surface area (Å²) in [6.07, 6.45) is 0. The van der Waals surface area contributed by atoms with Gasteiger partial charge in [0.25, 0.3) is 5.91 Å². The molecule has 2 amide bonds. The Hall–Kier alpha value is -1.58. The Morgan fingerprint density at radius 3 is 2.52 bits per heavy atom. The fourth-order valence-electron chi connectivity index (χ4n) is 2.83. The van der Waals surface area contributed by atoms with Crippen molar-refractivity contribution >= 4 is 33.6 Å². The lowest BCUT2D eigenvalue weighted by Crippen LogP contribution is -2.50. The minimum atomic E-state index is -3.79. The number of amides is 2. The summed E-state index contributed by atoms with van der Waals surface area (Å²) >= 11 is 1.81. The minimum Gasteiger partial charge on any atom is -0.343 e. The van der Waals surface area contributed by atoms with Gasteiger partial charge in [0.15, 0.2) is 0 Å². The maximum Gasteiger partial charge on any atom is 0.253 e. The van der Waals surface area contributed by atoms with Crippen molar-refractivity contribution in [1.82, 2.24) is 14.1 Å². The lowest BCUT2D eigenvalue weighted by atomic mass is 10.2. The maximum absolute atomic E-state index is 12.8. The number of rotatable bonds is 3. The van der Waals surface area contributed by atoms with Crippen molar-refractivity contribution in [3.63, 3.8) is 0 Å². The molecule has 9 heteroatoms. The predicted octanol–water partition coefficient (Wildman–Crippen LogP) is 0.338. The van der Waals surface area contributed by atoms with E-state index in [0.717, 1.165) is 11.5 Å². The summed E-state index contributed by atoms with van der Waals surface area (Å²) in [4.78, 5) is 27.7. The molecule has 3 rings (SSSR count). The fourth-order valence-corrected chi connectivity index (χ4v) is 5.16. The van der Waals surface area contributed by atoms with Gasteiger partial charge >= 0.3 is 0 Å². The number of sulfonamides is 1. The molecule has 25 heavy (non-hydrogen) atoms. The lowest BCUT2D eigenvalue weighted by Gasteiger charge is -2.31. The molecule has 136 valence electrons. The van der Waals surface area contributed by atoms with Crippen LogP contribution in [-0.2, 0) is 14.8 Å². The Bertz CT molecular complexity index is 775. The topological polar surface area (TPSA) is 78.0 Å². The number of thioether (sulfide) groups is 1.